The van der Waals surface area contributed by atoms with Gasteiger partial charge in [0, 0.05) is 5.56 Å². The molecule has 0 amide bonds. The molecule has 1 fully saturated rings. The number of esters is 1. The fraction of sp³-hybridized carbons (Fsp3) is 0.588. The van der Waals surface area contributed by atoms with Crippen molar-refractivity contribution in [3.63, 3.8) is 0 Å². The van der Waals surface area contributed by atoms with Gasteiger partial charge in [0.2, 0.25) is 0 Å². The number of fused-ring (bicyclic) bond motifs is 1. The van der Waals surface area contributed by atoms with Gasteiger partial charge >= 0.3 is 5.97 Å². The number of hydrogen-bond donors (Lipinski definition) is 1. The van der Waals surface area contributed by atoms with E-state index in [1.165, 1.54) is 7.11 Å². The normalized spacial score (nSPS) is 26.1. The summed E-state index contributed by atoms with van der Waals surface area (Å²) in [5, 5.41) is 10.7. The predicted octanol–water partition coefficient (Wildman–Crippen LogP) is 1.67. The molecule has 5 nitrogen and oxygen atoms in total. The van der Waals surface area contributed by atoms with Crippen molar-refractivity contribution < 1.29 is 19.4 Å². The fourth-order valence-corrected chi connectivity index (χ4v) is 3.51. The van der Waals surface area contributed by atoms with E-state index in [0.29, 0.717) is 6.61 Å². The molecular formula is C17H23NO4. The summed E-state index contributed by atoms with van der Waals surface area (Å²) >= 11 is 0. The monoisotopic (exact) mass is 305 g/mol. The van der Waals surface area contributed by atoms with Gasteiger partial charge in [0.15, 0.2) is 0 Å². The standard InChI is InChI=1S/C17H23NO4/c1-11-4-3-5-13-15(19)14(10-22-16(11)13)18-8-6-12(7-9-18)17(20)21-2/h3-5,12,14-15,19H,6-10H2,1-2H3. The van der Waals surface area contributed by atoms with Crippen molar-refractivity contribution in [3.05, 3.63) is 29.3 Å². The molecule has 22 heavy (non-hydrogen) atoms. The Labute approximate surface area is 130 Å². The lowest BCUT2D eigenvalue weighted by Crippen LogP contribution is -2.50. The molecule has 0 bridgehead atoms. The summed E-state index contributed by atoms with van der Waals surface area (Å²) < 4.78 is 10.7. The van der Waals surface area contributed by atoms with E-state index < -0.39 is 6.10 Å². The van der Waals surface area contributed by atoms with Crippen molar-refractivity contribution in [2.75, 3.05) is 26.8 Å². The van der Waals surface area contributed by atoms with Crippen molar-refractivity contribution in [1.29, 1.82) is 0 Å². The van der Waals surface area contributed by atoms with E-state index in [1.54, 1.807) is 0 Å². The predicted molar refractivity (Wildman–Crippen MR) is 81.7 cm³/mol. The first-order chi connectivity index (χ1) is 10.6. The minimum atomic E-state index is -0.543. The van der Waals surface area contributed by atoms with Crippen LogP contribution in [0.2, 0.25) is 0 Å². The summed E-state index contributed by atoms with van der Waals surface area (Å²) in [7, 11) is 1.44. The second-order valence-corrected chi connectivity index (χ2v) is 6.15. The van der Waals surface area contributed by atoms with Crippen molar-refractivity contribution in [1.82, 2.24) is 4.90 Å². The van der Waals surface area contributed by atoms with Gasteiger partial charge in [-0.2, -0.15) is 0 Å². The lowest BCUT2D eigenvalue weighted by molar-refractivity contribution is -0.147. The highest BCUT2D eigenvalue weighted by atomic mass is 16.5. The minimum absolute atomic E-state index is 0.0163. The molecule has 2 atom stereocenters. The van der Waals surface area contributed by atoms with Gasteiger partial charge in [0.1, 0.15) is 18.5 Å². The van der Waals surface area contributed by atoms with Crippen LogP contribution in [0.3, 0.4) is 0 Å². The van der Waals surface area contributed by atoms with Crippen LogP contribution in [0.15, 0.2) is 18.2 Å². The van der Waals surface area contributed by atoms with Crippen molar-refractivity contribution >= 4 is 5.97 Å². The maximum absolute atomic E-state index is 11.6. The fourth-order valence-electron chi connectivity index (χ4n) is 3.51. The molecule has 120 valence electrons. The average Bonchev–Trinajstić information content (AvgIpc) is 2.55. The number of nitrogens with zero attached hydrogens (tertiary/aromatic N) is 1. The quantitative estimate of drug-likeness (QED) is 0.842. The number of para-hydroxylation sites is 1. The third-order valence-electron chi connectivity index (χ3n) is 4.86. The molecule has 0 aromatic heterocycles. The van der Waals surface area contributed by atoms with Crippen LogP contribution < -0.4 is 4.74 Å². The first kappa shape index (κ1) is 15.3. The van der Waals surface area contributed by atoms with Crippen molar-refractivity contribution in [2.45, 2.75) is 31.9 Å². The van der Waals surface area contributed by atoms with E-state index in [9.17, 15) is 9.90 Å². The maximum Gasteiger partial charge on any atom is 0.308 e. The van der Waals surface area contributed by atoms with Gasteiger partial charge in [-0.1, -0.05) is 18.2 Å². The highest BCUT2D eigenvalue weighted by Gasteiger charge is 2.37. The zero-order valence-electron chi connectivity index (χ0n) is 13.1. The molecule has 0 saturated carbocycles. The van der Waals surface area contributed by atoms with Crippen LogP contribution in [-0.4, -0.2) is 48.8 Å². The van der Waals surface area contributed by atoms with Crippen LogP contribution in [0, 0.1) is 12.8 Å². The molecule has 5 heteroatoms. The zero-order valence-corrected chi connectivity index (χ0v) is 13.1. The first-order valence-electron chi connectivity index (χ1n) is 7.84. The number of aliphatic hydroxyl groups excluding tert-OH is 1. The summed E-state index contributed by atoms with van der Waals surface area (Å²) in [5.41, 5.74) is 1.92. The van der Waals surface area contributed by atoms with E-state index in [1.807, 2.05) is 25.1 Å². The maximum atomic E-state index is 11.6. The summed E-state index contributed by atoms with van der Waals surface area (Å²) in [6.45, 7) is 4.05. The summed E-state index contributed by atoms with van der Waals surface area (Å²) in [5.74, 6) is 0.675. The molecule has 1 N–H and O–H groups in total. The average molecular weight is 305 g/mol. The number of piperidine rings is 1. The number of methoxy groups -OCH3 is 1. The van der Waals surface area contributed by atoms with Crippen LogP contribution >= 0.6 is 0 Å². The van der Waals surface area contributed by atoms with Gasteiger partial charge in [-0.25, -0.2) is 0 Å². The number of aliphatic hydroxyl groups is 1. The van der Waals surface area contributed by atoms with Crippen LogP contribution in [0.25, 0.3) is 0 Å². The van der Waals surface area contributed by atoms with Gasteiger partial charge in [0.05, 0.1) is 19.1 Å². The summed E-state index contributed by atoms with van der Waals surface area (Å²) in [6.07, 6.45) is 1.01. The SMILES string of the molecule is COC(=O)C1CCN(C2COc3c(C)cccc3C2O)CC1. The Bertz CT molecular complexity index is 552. The van der Waals surface area contributed by atoms with Crippen LogP contribution in [-0.2, 0) is 9.53 Å². The third kappa shape index (κ3) is 2.71. The third-order valence-corrected chi connectivity index (χ3v) is 4.86. The second kappa shape index (κ2) is 6.26. The highest BCUT2D eigenvalue weighted by Crippen LogP contribution is 2.37. The van der Waals surface area contributed by atoms with E-state index in [0.717, 1.165) is 42.8 Å². The number of rotatable bonds is 2. The molecule has 0 aliphatic carbocycles. The number of likely N-dealkylation sites (tertiary alicyclic amines) is 1. The van der Waals surface area contributed by atoms with Crippen LogP contribution in [0.5, 0.6) is 5.75 Å². The number of hydrogen-bond acceptors (Lipinski definition) is 5. The lowest BCUT2D eigenvalue weighted by atomic mass is 9.91. The smallest absolute Gasteiger partial charge is 0.308 e. The Morgan fingerprint density at radius 1 is 1.36 bits per heavy atom. The van der Waals surface area contributed by atoms with Gasteiger partial charge in [-0.15, -0.1) is 0 Å². The number of carbonyl (C=O) groups excluding carboxylic acids is 1. The van der Waals surface area contributed by atoms with Crippen molar-refractivity contribution in [2.24, 2.45) is 5.92 Å². The topological polar surface area (TPSA) is 59.0 Å². The Hall–Kier alpha value is -1.59. The van der Waals surface area contributed by atoms with Gasteiger partial charge < -0.3 is 14.6 Å². The molecule has 2 unspecified atom stereocenters. The van der Waals surface area contributed by atoms with Gasteiger partial charge in [0.25, 0.3) is 0 Å². The largest absolute Gasteiger partial charge is 0.491 e. The van der Waals surface area contributed by atoms with Gasteiger partial charge in [-0.05, 0) is 38.4 Å². The number of aryl methyl sites for hydroxylation is 1. The Kier molecular flexibility index (Phi) is 4.36. The Balaban J connectivity index is 1.69. The molecule has 1 saturated heterocycles. The van der Waals surface area contributed by atoms with Gasteiger partial charge in [-0.3, -0.25) is 9.69 Å². The summed E-state index contributed by atoms with van der Waals surface area (Å²) in [6, 6.07) is 5.83. The molecular weight excluding hydrogens is 282 g/mol. The molecule has 0 spiro atoms. The molecule has 1 aromatic carbocycles. The Morgan fingerprint density at radius 3 is 2.77 bits per heavy atom. The highest BCUT2D eigenvalue weighted by molar-refractivity contribution is 5.72. The van der Waals surface area contributed by atoms with E-state index in [4.69, 9.17) is 9.47 Å². The van der Waals surface area contributed by atoms with Crippen LogP contribution in [0.1, 0.15) is 30.1 Å². The molecule has 2 heterocycles. The van der Waals surface area contributed by atoms with Crippen molar-refractivity contribution in [3.8, 4) is 5.75 Å². The van der Waals surface area contributed by atoms with E-state index in [2.05, 4.69) is 4.90 Å². The number of benzene rings is 1. The van der Waals surface area contributed by atoms with E-state index in [-0.39, 0.29) is 17.9 Å². The molecule has 0 radical (unpaired) electrons. The minimum Gasteiger partial charge on any atom is -0.491 e. The Morgan fingerprint density at radius 2 is 2.09 bits per heavy atom. The number of carbonyl (C=O) groups is 1. The summed E-state index contributed by atoms with van der Waals surface area (Å²) in [4.78, 5) is 13.8. The van der Waals surface area contributed by atoms with Crippen LogP contribution in [0.4, 0.5) is 0 Å². The molecule has 3 rings (SSSR count). The number of ether oxygens (including phenoxy) is 2. The molecule has 1 aromatic rings. The lowest BCUT2D eigenvalue weighted by Gasteiger charge is -2.41. The van der Waals surface area contributed by atoms with E-state index >= 15 is 0 Å². The second-order valence-electron chi connectivity index (χ2n) is 6.15. The molecule has 2 aliphatic heterocycles. The molecule has 2 aliphatic rings. The zero-order chi connectivity index (χ0) is 15.7. The first-order valence-corrected chi connectivity index (χ1v) is 7.84.